The third-order valence-electron chi connectivity index (χ3n) is 1.45. The van der Waals surface area contributed by atoms with Crippen LogP contribution >= 0.6 is 0 Å². The lowest BCUT2D eigenvalue weighted by Gasteiger charge is -2.08. The molecule has 0 bridgehead atoms. The van der Waals surface area contributed by atoms with Gasteiger partial charge in [0.15, 0.2) is 22.5 Å². The third kappa shape index (κ3) is 6.07. The van der Waals surface area contributed by atoms with Gasteiger partial charge in [-0.25, -0.2) is 8.42 Å². The summed E-state index contributed by atoms with van der Waals surface area (Å²) in [4.78, 5) is 0. The summed E-state index contributed by atoms with van der Waals surface area (Å²) in [6.07, 6.45) is 4.00. The standard InChI is InChI=1S/C7H11N2.CHF3O3S/c1-8(2)9-6-4-3-5-7-9;2-1(3,4)8(5,6)7/h3-7H,1-2H3;(H,5,6,7)/q+1;/p-1. The summed E-state index contributed by atoms with van der Waals surface area (Å²) >= 11 is 0. The highest BCUT2D eigenvalue weighted by Crippen LogP contribution is 2.20. The molecule has 1 rings (SSSR count). The van der Waals surface area contributed by atoms with Crippen molar-refractivity contribution in [3.63, 3.8) is 0 Å². The average Bonchev–Trinajstić information content (AvgIpc) is 2.17. The Labute approximate surface area is 96.8 Å². The van der Waals surface area contributed by atoms with E-state index in [1.807, 2.05) is 54.4 Å². The van der Waals surface area contributed by atoms with Gasteiger partial charge in [0, 0.05) is 12.1 Å². The Morgan fingerprint density at radius 3 is 1.65 bits per heavy atom. The van der Waals surface area contributed by atoms with Crippen molar-refractivity contribution in [1.29, 1.82) is 0 Å². The number of hydrogen-bond donors (Lipinski definition) is 0. The van der Waals surface area contributed by atoms with Crippen LogP contribution in [0.15, 0.2) is 30.6 Å². The first-order valence-electron chi connectivity index (χ1n) is 4.22. The van der Waals surface area contributed by atoms with Crippen molar-refractivity contribution in [2.75, 3.05) is 19.1 Å². The molecule has 0 spiro atoms. The highest BCUT2D eigenvalue weighted by atomic mass is 32.2. The summed E-state index contributed by atoms with van der Waals surface area (Å²) in [5, 5.41) is 2.00. The van der Waals surface area contributed by atoms with E-state index in [-0.39, 0.29) is 0 Å². The van der Waals surface area contributed by atoms with Crippen LogP contribution in [0.2, 0.25) is 0 Å². The molecule has 0 saturated heterocycles. The maximum atomic E-state index is 10.7. The Hall–Kier alpha value is -1.35. The molecule has 0 N–H and O–H groups in total. The number of rotatable bonds is 1. The van der Waals surface area contributed by atoms with Gasteiger partial charge in [-0.05, 0) is 0 Å². The summed E-state index contributed by atoms with van der Waals surface area (Å²) in [7, 11) is -2.09. The molecule has 0 radical (unpaired) electrons. The Bertz CT molecular complexity index is 431. The lowest BCUT2D eigenvalue weighted by Crippen LogP contribution is -2.51. The molecule has 1 heterocycles. The molecule has 0 fully saturated rings. The monoisotopic (exact) mass is 272 g/mol. The summed E-state index contributed by atoms with van der Waals surface area (Å²) < 4.78 is 60.9. The number of halogens is 3. The summed E-state index contributed by atoms with van der Waals surface area (Å²) in [6, 6.07) is 6.00. The predicted octanol–water partition coefficient (Wildman–Crippen LogP) is 0.223. The lowest BCUT2D eigenvalue weighted by molar-refractivity contribution is -0.687. The van der Waals surface area contributed by atoms with Gasteiger partial charge in [-0.2, -0.15) is 18.2 Å². The van der Waals surface area contributed by atoms with E-state index < -0.39 is 15.6 Å². The summed E-state index contributed by atoms with van der Waals surface area (Å²) in [6.45, 7) is 0. The van der Waals surface area contributed by atoms with E-state index >= 15 is 0 Å². The fourth-order valence-electron chi connectivity index (χ4n) is 0.656. The van der Waals surface area contributed by atoms with E-state index in [1.165, 1.54) is 0 Å². The van der Waals surface area contributed by atoms with Gasteiger partial charge in [-0.3, -0.25) is 0 Å². The minimum absolute atomic E-state index is 2.00. The molecule has 17 heavy (non-hydrogen) atoms. The SMILES string of the molecule is CN(C)[n+]1ccccc1.O=S(=O)([O-])C(F)(F)F. The average molecular weight is 272 g/mol. The zero-order valence-electron chi connectivity index (χ0n) is 9.05. The highest BCUT2D eigenvalue weighted by molar-refractivity contribution is 7.86. The van der Waals surface area contributed by atoms with Crippen molar-refractivity contribution in [2.24, 2.45) is 0 Å². The van der Waals surface area contributed by atoms with Gasteiger partial charge in [-0.15, -0.1) is 0 Å². The van der Waals surface area contributed by atoms with Gasteiger partial charge in [-0.1, -0.05) is 10.7 Å². The second-order valence-electron chi connectivity index (χ2n) is 3.00. The van der Waals surface area contributed by atoms with E-state index in [1.54, 1.807) is 0 Å². The molecule has 0 aliphatic carbocycles. The van der Waals surface area contributed by atoms with Gasteiger partial charge < -0.3 is 4.55 Å². The summed E-state index contributed by atoms with van der Waals surface area (Å²) in [5.74, 6) is 0. The van der Waals surface area contributed by atoms with Gasteiger partial charge in [0.2, 0.25) is 0 Å². The molecule has 9 heteroatoms. The van der Waals surface area contributed by atoms with E-state index in [2.05, 4.69) is 0 Å². The van der Waals surface area contributed by atoms with Crippen molar-refractivity contribution in [3.8, 4) is 0 Å². The number of nitrogens with zero attached hydrogens (tertiary/aromatic N) is 2. The van der Waals surface area contributed by atoms with Crippen LogP contribution in [0.1, 0.15) is 0 Å². The molecule has 0 aromatic carbocycles. The van der Waals surface area contributed by atoms with Gasteiger partial charge in [0.1, 0.15) is 0 Å². The van der Waals surface area contributed by atoms with Crippen molar-refractivity contribution >= 4 is 10.1 Å². The Kier molecular flexibility index (Phi) is 5.36. The molecule has 0 unspecified atom stereocenters. The molecule has 98 valence electrons. The van der Waals surface area contributed by atoms with Gasteiger partial charge in [0.05, 0.1) is 14.1 Å². The topological polar surface area (TPSA) is 64.3 Å². The predicted molar refractivity (Wildman–Crippen MR) is 52.5 cm³/mol. The summed E-state index contributed by atoms with van der Waals surface area (Å²) in [5.41, 5.74) is -5.65. The molecular formula is C8H11F3N2O3S. The zero-order valence-corrected chi connectivity index (χ0v) is 9.86. The van der Waals surface area contributed by atoms with Crippen molar-refractivity contribution in [1.82, 2.24) is 0 Å². The Morgan fingerprint density at radius 2 is 1.47 bits per heavy atom. The van der Waals surface area contributed by atoms with E-state index in [0.29, 0.717) is 0 Å². The minimum atomic E-state index is -6.09. The van der Waals surface area contributed by atoms with E-state index in [9.17, 15) is 13.2 Å². The number of hydrogen-bond acceptors (Lipinski definition) is 4. The molecule has 1 aromatic rings. The van der Waals surface area contributed by atoms with Crippen LogP contribution in [0.25, 0.3) is 0 Å². The molecular weight excluding hydrogens is 261 g/mol. The van der Waals surface area contributed by atoms with Crippen molar-refractivity contribution in [2.45, 2.75) is 5.51 Å². The van der Waals surface area contributed by atoms with Crippen molar-refractivity contribution < 1.29 is 30.8 Å². The smallest absolute Gasteiger partial charge is 0.485 e. The molecule has 0 saturated carbocycles. The molecule has 0 amide bonds. The maximum absolute atomic E-state index is 10.7. The van der Waals surface area contributed by atoms with E-state index in [0.717, 1.165) is 0 Å². The Morgan fingerprint density at radius 1 is 1.12 bits per heavy atom. The zero-order chi connectivity index (χ0) is 13.7. The van der Waals surface area contributed by atoms with Crippen LogP contribution in [0.5, 0.6) is 0 Å². The quantitative estimate of drug-likeness (QED) is 0.417. The van der Waals surface area contributed by atoms with Crippen LogP contribution in [0.3, 0.4) is 0 Å². The second-order valence-corrected chi connectivity index (χ2v) is 4.37. The molecule has 5 nitrogen and oxygen atoms in total. The van der Waals surface area contributed by atoms with Crippen LogP contribution in [0.4, 0.5) is 13.2 Å². The normalized spacial score (nSPS) is 11.4. The van der Waals surface area contributed by atoms with Crippen LogP contribution in [-0.2, 0) is 10.1 Å². The fourth-order valence-corrected chi connectivity index (χ4v) is 0.656. The van der Waals surface area contributed by atoms with Crippen LogP contribution < -0.4 is 9.69 Å². The maximum Gasteiger partial charge on any atom is 0.485 e. The minimum Gasteiger partial charge on any atom is -0.741 e. The van der Waals surface area contributed by atoms with Crippen LogP contribution in [0, 0.1) is 0 Å². The fraction of sp³-hybridized carbons (Fsp3) is 0.375. The first-order valence-corrected chi connectivity index (χ1v) is 5.62. The first-order chi connectivity index (χ1) is 7.55. The molecule has 0 aliphatic heterocycles. The third-order valence-corrected chi connectivity index (χ3v) is 2.01. The molecule has 1 aromatic heterocycles. The number of alkyl halides is 3. The number of pyridine rings is 1. The van der Waals surface area contributed by atoms with Crippen LogP contribution in [-0.4, -0.2) is 32.6 Å². The Balaban J connectivity index is 0.000000304. The molecule has 0 aliphatic rings. The largest absolute Gasteiger partial charge is 0.741 e. The molecule has 0 atom stereocenters. The van der Waals surface area contributed by atoms with Crippen molar-refractivity contribution in [3.05, 3.63) is 30.6 Å². The van der Waals surface area contributed by atoms with Gasteiger partial charge >= 0.3 is 5.51 Å². The van der Waals surface area contributed by atoms with E-state index in [4.69, 9.17) is 13.0 Å². The first kappa shape index (κ1) is 15.7. The lowest BCUT2D eigenvalue weighted by atomic mass is 10.5. The highest BCUT2D eigenvalue weighted by Gasteiger charge is 2.36. The van der Waals surface area contributed by atoms with Gasteiger partial charge in [0.25, 0.3) is 0 Å². The second kappa shape index (κ2) is 5.82. The number of aromatic nitrogens is 1.